The molecule has 1 unspecified atom stereocenters. The lowest BCUT2D eigenvalue weighted by Crippen LogP contribution is -2.53. The summed E-state index contributed by atoms with van der Waals surface area (Å²) in [6.07, 6.45) is 6.43. The van der Waals surface area contributed by atoms with Crippen LogP contribution in [0.4, 0.5) is 0 Å². The largest absolute Gasteiger partial charge is 0.355 e. The topological polar surface area (TPSA) is 67.1 Å². The predicted molar refractivity (Wildman–Crippen MR) is 77.7 cm³/mol. The van der Waals surface area contributed by atoms with Crippen LogP contribution in [0.15, 0.2) is 0 Å². The number of rotatable bonds is 4. The van der Waals surface area contributed by atoms with E-state index in [-0.39, 0.29) is 17.4 Å². The first kappa shape index (κ1) is 14.8. The molecule has 110 valence electrons. The molecule has 3 atom stereocenters. The van der Waals surface area contributed by atoms with Crippen LogP contribution in [0.1, 0.15) is 52.4 Å². The van der Waals surface area contributed by atoms with Gasteiger partial charge in [0, 0.05) is 25.0 Å². The van der Waals surface area contributed by atoms with Crippen molar-refractivity contribution in [2.45, 2.75) is 64.5 Å². The number of carbonyl (C=O) groups is 1. The van der Waals surface area contributed by atoms with Gasteiger partial charge in [0.25, 0.3) is 0 Å². The number of nitrogens with one attached hydrogen (secondary N) is 2. The van der Waals surface area contributed by atoms with E-state index in [2.05, 4.69) is 24.5 Å². The minimum atomic E-state index is 0.172. The minimum absolute atomic E-state index is 0.172. The first-order valence-electron chi connectivity index (χ1n) is 7.75. The van der Waals surface area contributed by atoms with Crippen molar-refractivity contribution in [2.75, 3.05) is 13.1 Å². The van der Waals surface area contributed by atoms with Gasteiger partial charge in [0.15, 0.2) is 0 Å². The number of piperidine rings is 1. The Bertz CT molecular complexity index is 317. The molecule has 0 radical (unpaired) electrons. The lowest BCUT2D eigenvalue weighted by atomic mass is 9.77. The molecule has 0 aromatic heterocycles. The van der Waals surface area contributed by atoms with Crippen LogP contribution in [0.2, 0.25) is 0 Å². The third-order valence-electron chi connectivity index (χ3n) is 5.00. The quantitative estimate of drug-likeness (QED) is 0.721. The maximum Gasteiger partial charge on any atom is 0.220 e. The van der Waals surface area contributed by atoms with Crippen molar-refractivity contribution < 1.29 is 4.79 Å². The molecule has 2 rings (SSSR count). The van der Waals surface area contributed by atoms with Gasteiger partial charge in [0.2, 0.25) is 5.91 Å². The Kier molecular flexibility index (Phi) is 4.85. The van der Waals surface area contributed by atoms with E-state index in [1.54, 1.807) is 0 Å². The van der Waals surface area contributed by atoms with Crippen molar-refractivity contribution in [3.63, 3.8) is 0 Å². The number of amides is 1. The van der Waals surface area contributed by atoms with Gasteiger partial charge < -0.3 is 16.4 Å². The van der Waals surface area contributed by atoms with Crippen LogP contribution in [-0.4, -0.2) is 31.1 Å². The summed E-state index contributed by atoms with van der Waals surface area (Å²) in [5.74, 6) is 0.567. The van der Waals surface area contributed by atoms with Crippen LogP contribution >= 0.6 is 0 Å². The van der Waals surface area contributed by atoms with E-state index in [0.717, 1.165) is 25.9 Å². The first-order valence-corrected chi connectivity index (χ1v) is 7.75. The summed E-state index contributed by atoms with van der Waals surface area (Å²) in [5.41, 5.74) is 6.29. The number of hydrogen-bond acceptors (Lipinski definition) is 3. The lowest BCUT2D eigenvalue weighted by molar-refractivity contribution is -0.122. The summed E-state index contributed by atoms with van der Waals surface area (Å²) in [4.78, 5) is 12.0. The maximum atomic E-state index is 12.0. The molecule has 2 fully saturated rings. The van der Waals surface area contributed by atoms with Crippen molar-refractivity contribution in [3.05, 3.63) is 0 Å². The van der Waals surface area contributed by atoms with Crippen LogP contribution in [0.3, 0.4) is 0 Å². The fourth-order valence-electron chi connectivity index (χ4n) is 3.46. The first-order chi connectivity index (χ1) is 8.99. The third-order valence-corrected chi connectivity index (χ3v) is 5.00. The molecule has 4 N–H and O–H groups in total. The van der Waals surface area contributed by atoms with Crippen molar-refractivity contribution in [3.8, 4) is 0 Å². The van der Waals surface area contributed by atoms with E-state index < -0.39 is 0 Å². The number of hydrogen-bond donors (Lipinski definition) is 3. The Morgan fingerprint density at radius 3 is 2.79 bits per heavy atom. The van der Waals surface area contributed by atoms with Gasteiger partial charge in [-0.3, -0.25) is 4.79 Å². The van der Waals surface area contributed by atoms with Gasteiger partial charge in [-0.1, -0.05) is 20.3 Å². The zero-order valence-corrected chi connectivity index (χ0v) is 12.4. The van der Waals surface area contributed by atoms with Crippen LogP contribution < -0.4 is 16.4 Å². The molecular weight excluding hydrogens is 238 g/mol. The van der Waals surface area contributed by atoms with Crippen molar-refractivity contribution in [1.82, 2.24) is 10.6 Å². The molecule has 4 heteroatoms. The highest BCUT2D eigenvalue weighted by molar-refractivity contribution is 5.76. The van der Waals surface area contributed by atoms with Crippen molar-refractivity contribution >= 4 is 5.91 Å². The fourth-order valence-corrected chi connectivity index (χ4v) is 3.46. The van der Waals surface area contributed by atoms with Gasteiger partial charge in [0.1, 0.15) is 0 Å². The highest BCUT2D eigenvalue weighted by atomic mass is 16.1. The molecule has 1 aliphatic heterocycles. The molecule has 1 amide bonds. The summed E-state index contributed by atoms with van der Waals surface area (Å²) in [6.45, 7) is 6.37. The minimum Gasteiger partial charge on any atom is -0.355 e. The zero-order valence-electron chi connectivity index (χ0n) is 12.4. The lowest BCUT2D eigenvalue weighted by Gasteiger charge is -2.39. The molecular formula is C15H29N3O. The summed E-state index contributed by atoms with van der Waals surface area (Å²) in [5, 5.41) is 6.63. The van der Waals surface area contributed by atoms with Gasteiger partial charge in [-0.05, 0) is 43.6 Å². The highest BCUT2D eigenvalue weighted by Gasteiger charge is 2.32. The van der Waals surface area contributed by atoms with Gasteiger partial charge in [-0.2, -0.15) is 0 Å². The second-order valence-corrected chi connectivity index (χ2v) is 6.96. The van der Waals surface area contributed by atoms with E-state index in [0.29, 0.717) is 18.4 Å². The average Bonchev–Trinajstić information content (AvgIpc) is 2.73. The molecule has 0 spiro atoms. The van der Waals surface area contributed by atoms with E-state index in [9.17, 15) is 4.79 Å². The van der Waals surface area contributed by atoms with Gasteiger partial charge in [-0.15, -0.1) is 0 Å². The summed E-state index contributed by atoms with van der Waals surface area (Å²) in [6, 6.07) is 0.623. The maximum absolute atomic E-state index is 12.0. The molecule has 1 aliphatic carbocycles. The average molecular weight is 267 g/mol. The van der Waals surface area contributed by atoms with Gasteiger partial charge in [-0.25, -0.2) is 0 Å². The number of carbonyl (C=O) groups excluding carboxylic acids is 1. The summed E-state index contributed by atoms with van der Waals surface area (Å²) < 4.78 is 0. The Balaban J connectivity index is 1.73. The molecule has 0 bridgehead atoms. The van der Waals surface area contributed by atoms with E-state index in [1.165, 1.54) is 19.3 Å². The van der Waals surface area contributed by atoms with Crippen LogP contribution in [-0.2, 0) is 4.79 Å². The van der Waals surface area contributed by atoms with Crippen LogP contribution in [0.5, 0.6) is 0 Å². The SMILES string of the molecule is CC1(C)CCCNC1CNC(=O)C[C@@H]1CCC[C@H]1N. The fraction of sp³-hybridized carbons (Fsp3) is 0.933. The Morgan fingerprint density at radius 2 is 2.16 bits per heavy atom. The van der Waals surface area contributed by atoms with Crippen molar-refractivity contribution in [1.29, 1.82) is 0 Å². The molecule has 1 heterocycles. The summed E-state index contributed by atoms with van der Waals surface area (Å²) in [7, 11) is 0. The smallest absolute Gasteiger partial charge is 0.220 e. The Morgan fingerprint density at radius 1 is 1.37 bits per heavy atom. The van der Waals surface area contributed by atoms with Gasteiger partial charge in [0.05, 0.1) is 0 Å². The van der Waals surface area contributed by atoms with E-state index in [4.69, 9.17) is 5.73 Å². The molecule has 19 heavy (non-hydrogen) atoms. The normalized spacial score (nSPS) is 34.2. The standard InChI is InChI=1S/C15H29N3O/c1-15(2)7-4-8-17-13(15)10-18-14(19)9-11-5-3-6-12(11)16/h11-13,17H,3-10,16H2,1-2H3,(H,18,19)/t11-,12+,13?/m0/s1. The molecule has 4 nitrogen and oxygen atoms in total. The van der Waals surface area contributed by atoms with Crippen LogP contribution in [0.25, 0.3) is 0 Å². The molecule has 2 aliphatic rings. The second kappa shape index (κ2) is 6.23. The van der Waals surface area contributed by atoms with Gasteiger partial charge >= 0.3 is 0 Å². The Labute approximate surface area is 116 Å². The highest BCUT2D eigenvalue weighted by Crippen LogP contribution is 2.30. The predicted octanol–water partition coefficient (Wildman–Crippen LogP) is 1.40. The number of nitrogens with two attached hydrogens (primary N) is 1. The summed E-state index contributed by atoms with van der Waals surface area (Å²) >= 11 is 0. The van der Waals surface area contributed by atoms with E-state index >= 15 is 0 Å². The second-order valence-electron chi connectivity index (χ2n) is 6.96. The monoisotopic (exact) mass is 267 g/mol. The van der Waals surface area contributed by atoms with Crippen LogP contribution in [0, 0.1) is 11.3 Å². The molecule has 0 aromatic carbocycles. The third kappa shape index (κ3) is 3.93. The van der Waals surface area contributed by atoms with Crippen molar-refractivity contribution in [2.24, 2.45) is 17.1 Å². The zero-order chi connectivity index (χ0) is 13.9. The Hall–Kier alpha value is -0.610. The molecule has 0 aromatic rings. The molecule has 1 saturated heterocycles. The van der Waals surface area contributed by atoms with E-state index in [1.807, 2.05) is 0 Å². The molecule has 1 saturated carbocycles.